The van der Waals surface area contributed by atoms with Crippen molar-refractivity contribution in [3.8, 4) is 11.5 Å². The molecule has 1 amide bonds. The van der Waals surface area contributed by atoms with Crippen molar-refractivity contribution < 1.29 is 86.0 Å². The van der Waals surface area contributed by atoms with Crippen LogP contribution in [-0.2, 0) is 16.0 Å². The van der Waals surface area contributed by atoms with Crippen LogP contribution in [0.4, 0.5) is 61.9 Å². The van der Waals surface area contributed by atoms with Crippen LogP contribution in [0, 0.1) is 0 Å². The van der Waals surface area contributed by atoms with Crippen molar-refractivity contribution in [1.29, 1.82) is 0 Å². The second-order valence-corrected chi connectivity index (χ2v) is 10.6. The molecule has 0 heterocycles. The predicted octanol–water partition coefficient (Wildman–Crippen LogP) is 8.10. The number of hydrogen-bond acceptors (Lipinski definition) is 5. The van der Waals surface area contributed by atoms with Crippen molar-refractivity contribution in [1.82, 2.24) is 4.90 Å². The molecule has 21 heteroatoms. The third-order valence-corrected chi connectivity index (χ3v) is 6.81. The Balaban J connectivity index is 2.33. The number of nitrogens with zero attached hydrogens (tertiary/aromatic N) is 1. The second-order valence-electron chi connectivity index (χ2n) is 9.72. The Labute approximate surface area is 270 Å². The van der Waals surface area contributed by atoms with E-state index in [0.29, 0.717) is 10.0 Å². The van der Waals surface area contributed by atoms with Gasteiger partial charge in [0.1, 0.15) is 18.1 Å². The highest BCUT2D eigenvalue weighted by molar-refractivity contribution is 9.10. The van der Waals surface area contributed by atoms with Gasteiger partial charge in [0, 0.05) is 17.5 Å². The van der Waals surface area contributed by atoms with Gasteiger partial charge in [-0.2, -0.15) is 57.1 Å². The summed E-state index contributed by atoms with van der Waals surface area (Å²) in [4.78, 5) is 23.4. The molecule has 2 aromatic rings. The molecule has 0 spiro atoms. The first-order valence-corrected chi connectivity index (χ1v) is 13.9. The molecule has 0 aliphatic heterocycles. The molecule has 270 valence electrons. The van der Waals surface area contributed by atoms with Crippen LogP contribution >= 0.6 is 15.9 Å². The first kappa shape index (κ1) is 40.7. The average molecular weight is 784 g/mol. The van der Waals surface area contributed by atoms with Crippen molar-refractivity contribution in [2.24, 2.45) is 0 Å². The quantitative estimate of drug-likeness (QED) is 0.173. The van der Waals surface area contributed by atoms with E-state index in [1.54, 1.807) is 6.92 Å². The van der Waals surface area contributed by atoms with Crippen molar-refractivity contribution >= 4 is 28.0 Å². The molecule has 0 aromatic heterocycles. The first-order chi connectivity index (χ1) is 21.8. The highest BCUT2D eigenvalue weighted by Crippen LogP contribution is 2.60. The molecule has 0 aliphatic carbocycles. The Kier molecular flexibility index (Phi) is 12.7. The van der Waals surface area contributed by atoms with Gasteiger partial charge in [0.2, 0.25) is 0 Å². The molecule has 0 saturated heterocycles. The van der Waals surface area contributed by atoms with Gasteiger partial charge in [-0.3, -0.25) is 4.90 Å². The summed E-state index contributed by atoms with van der Waals surface area (Å²) in [5.74, 6) is -40.1. The molecule has 1 atom stereocenters. The number of ether oxygens (including phenoxy) is 3. The maximum Gasteiger partial charge on any atom is 0.460 e. The normalized spacial score (nSPS) is 14.0. The van der Waals surface area contributed by atoms with Crippen molar-refractivity contribution in [3.05, 3.63) is 58.6 Å². The largest absolute Gasteiger partial charge is 0.492 e. The molecule has 0 radical (unpaired) electrons. The minimum Gasteiger partial charge on any atom is -0.492 e. The number of aliphatic carboxylic acids is 1. The van der Waals surface area contributed by atoms with E-state index in [0.717, 1.165) is 12.1 Å². The van der Waals surface area contributed by atoms with E-state index in [1.165, 1.54) is 36.4 Å². The van der Waals surface area contributed by atoms with Crippen LogP contribution in [0.25, 0.3) is 0 Å². The fraction of sp³-hybridized carbons (Fsp3) is 0.481. The standard InChI is InChI=1S/C27H23BrF13NO6/c1-2-46-19(20(43)44)13-15-3-7-17(8-4-15)47-12-11-42(21(45)48-18-9-5-16(28)6-10-18)14-22(29,30)23(31,32)24(33,34)25(35,36)26(37,38)27(39,40)41/h3-10,19H,2,11-14H2,1H3,(H,43,44). The Hall–Kier alpha value is -3.49. The van der Waals surface area contributed by atoms with Gasteiger partial charge in [0.05, 0.1) is 13.1 Å². The molecular formula is C27H23BrF13NO6. The number of hydrogen-bond donors (Lipinski definition) is 1. The van der Waals surface area contributed by atoms with E-state index >= 15 is 0 Å². The summed E-state index contributed by atoms with van der Waals surface area (Å²) in [6.45, 7) is -3.52. The molecular weight excluding hydrogens is 761 g/mol. The number of carboxylic acids is 1. The van der Waals surface area contributed by atoms with Gasteiger partial charge in [-0.15, -0.1) is 0 Å². The molecule has 0 bridgehead atoms. The van der Waals surface area contributed by atoms with Crippen LogP contribution in [0.1, 0.15) is 12.5 Å². The van der Waals surface area contributed by atoms with E-state index in [2.05, 4.69) is 15.9 Å². The van der Waals surface area contributed by atoms with Crippen LogP contribution in [0.3, 0.4) is 0 Å². The number of carboxylic acid groups (broad SMARTS) is 1. The van der Waals surface area contributed by atoms with Gasteiger partial charge in [0.15, 0.2) is 6.10 Å². The zero-order chi connectivity index (χ0) is 36.9. The van der Waals surface area contributed by atoms with E-state index in [4.69, 9.17) is 19.3 Å². The molecule has 0 aliphatic rings. The lowest BCUT2D eigenvalue weighted by Crippen LogP contribution is -2.71. The third-order valence-electron chi connectivity index (χ3n) is 6.28. The maximum absolute atomic E-state index is 14.7. The number of rotatable bonds is 16. The summed E-state index contributed by atoms with van der Waals surface area (Å²) in [6, 6.07) is 9.60. The average Bonchev–Trinajstić information content (AvgIpc) is 2.97. The lowest BCUT2D eigenvalue weighted by Gasteiger charge is -2.40. The lowest BCUT2D eigenvalue weighted by atomic mass is 9.93. The smallest absolute Gasteiger partial charge is 0.460 e. The summed E-state index contributed by atoms with van der Waals surface area (Å²) in [7, 11) is 0. The Bertz CT molecular complexity index is 1390. The van der Waals surface area contributed by atoms with Gasteiger partial charge in [-0.25, -0.2) is 9.59 Å². The molecule has 1 N–H and O–H groups in total. The SMILES string of the molecule is CCOC(Cc1ccc(OCCN(CC(F)(F)C(F)(F)C(F)(F)C(F)(F)C(F)(F)C(F)(F)F)C(=O)Oc2ccc(Br)cc2)cc1)C(=O)O. The van der Waals surface area contributed by atoms with Crippen LogP contribution in [0.5, 0.6) is 11.5 Å². The highest BCUT2D eigenvalue weighted by Gasteiger charge is 2.90. The zero-order valence-corrected chi connectivity index (χ0v) is 25.5. The fourth-order valence-corrected chi connectivity index (χ4v) is 3.94. The summed E-state index contributed by atoms with van der Waals surface area (Å²) < 4.78 is 192. The van der Waals surface area contributed by atoms with Gasteiger partial charge >= 0.3 is 47.9 Å². The molecule has 2 rings (SSSR count). The molecule has 2 aromatic carbocycles. The Morgan fingerprint density at radius 3 is 1.75 bits per heavy atom. The van der Waals surface area contributed by atoms with Crippen LogP contribution < -0.4 is 9.47 Å². The monoisotopic (exact) mass is 783 g/mol. The summed E-state index contributed by atoms with van der Waals surface area (Å²) in [5, 5.41) is 9.17. The molecule has 0 saturated carbocycles. The Morgan fingerprint density at radius 1 is 0.771 bits per heavy atom. The number of halogens is 14. The van der Waals surface area contributed by atoms with Gasteiger partial charge in [-0.05, 0) is 48.9 Å². The van der Waals surface area contributed by atoms with E-state index in [1.807, 2.05) is 0 Å². The predicted molar refractivity (Wildman–Crippen MR) is 141 cm³/mol. The fourth-order valence-electron chi connectivity index (χ4n) is 3.67. The number of benzene rings is 2. The Morgan fingerprint density at radius 2 is 1.27 bits per heavy atom. The number of amides is 1. The van der Waals surface area contributed by atoms with Crippen molar-refractivity contribution in [2.75, 3.05) is 26.3 Å². The second kappa shape index (κ2) is 15.0. The number of alkyl halides is 13. The molecule has 0 fully saturated rings. The van der Waals surface area contributed by atoms with Gasteiger partial charge in [0.25, 0.3) is 0 Å². The van der Waals surface area contributed by atoms with E-state index in [-0.39, 0.29) is 18.8 Å². The lowest BCUT2D eigenvalue weighted by molar-refractivity contribution is -0.440. The molecule has 48 heavy (non-hydrogen) atoms. The molecule has 7 nitrogen and oxygen atoms in total. The van der Waals surface area contributed by atoms with Crippen molar-refractivity contribution in [2.45, 2.75) is 55.2 Å². The highest BCUT2D eigenvalue weighted by atomic mass is 79.9. The number of carbonyl (C=O) groups excluding carboxylic acids is 1. The maximum atomic E-state index is 14.7. The van der Waals surface area contributed by atoms with Gasteiger partial charge < -0.3 is 19.3 Å². The van der Waals surface area contributed by atoms with Gasteiger partial charge in [-0.1, -0.05) is 28.1 Å². The number of carbonyl (C=O) groups is 2. The van der Waals surface area contributed by atoms with Crippen LogP contribution in [-0.4, -0.2) is 90.3 Å². The summed E-state index contributed by atoms with van der Waals surface area (Å²) >= 11 is 3.01. The minimum absolute atomic E-state index is 0.0734. The minimum atomic E-state index is -8.10. The van der Waals surface area contributed by atoms with E-state index < -0.39 is 84.3 Å². The van der Waals surface area contributed by atoms with Crippen LogP contribution in [0.2, 0.25) is 0 Å². The first-order valence-electron chi connectivity index (χ1n) is 13.1. The van der Waals surface area contributed by atoms with E-state index in [9.17, 15) is 66.7 Å². The third kappa shape index (κ3) is 8.75. The zero-order valence-electron chi connectivity index (χ0n) is 24.0. The summed E-state index contributed by atoms with van der Waals surface area (Å²) in [5.41, 5.74) is 0.401. The molecule has 1 unspecified atom stereocenters. The van der Waals surface area contributed by atoms with Crippen LogP contribution in [0.15, 0.2) is 53.0 Å². The summed E-state index contributed by atoms with van der Waals surface area (Å²) in [6.07, 6.45) is -10.9. The topological polar surface area (TPSA) is 85.3 Å². The van der Waals surface area contributed by atoms with Crippen molar-refractivity contribution in [3.63, 3.8) is 0 Å².